The number of nitrogens with one attached hydrogen (secondary N) is 2. The number of pyridine rings is 1. The molecule has 180 valence electrons. The molecule has 3 rings (SSSR count). The zero-order valence-electron chi connectivity index (χ0n) is 18.5. The topological polar surface area (TPSA) is 95.8 Å². The Kier molecular flexibility index (Phi) is 14.9. The number of carbonyl (C=O) groups excluding carboxylic acids is 2. The van der Waals surface area contributed by atoms with Crippen molar-refractivity contribution < 1.29 is 34.4 Å². The van der Waals surface area contributed by atoms with Crippen molar-refractivity contribution in [3.8, 4) is 0 Å². The molecule has 2 amide bonds. The molecule has 0 bridgehead atoms. The minimum absolute atomic E-state index is 0. The maximum Gasteiger partial charge on any atom is 3.00 e. The third-order valence-corrected chi connectivity index (χ3v) is 4.86. The van der Waals surface area contributed by atoms with E-state index in [1.165, 1.54) is 0 Å². The molecule has 3 aromatic rings. The average molecular weight is 748 g/mol. The van der Waals surface area contributed by atoms with E-state index in [9.17, 15) is 9.59 Å². The Hall–Kier alpha value is -2.09. The molecule has 0 aliphatic rings. The maximum atomic E-state index is 12.2. The molecule has 1 aromatic heterocycles. The number of aromatic nitrogens is 1. The molecule has 12 heteroatoms. The first-order valence-electron chi connectivity index (χ1n) is 9.51. The molecule has 0 fully saturated rings. The van der Waals surface area contributed by atoms with Crippen LogP contribution >= 0.6 is 23.2 Å². The van der Waals surface area contributed by atoms with Crippen molar-refractivity contribution >= 4 is 72.6 Å². The second-order valence-electron chi connectivity index (χ2n) is 6.70. The predicted molar refractivity (Wildman–Crippen MR) is 132 cm³/mol. The standard InChI is InChI=1S/C23H19Cl2N5O2.Bi.2ClH/c1-14(27-29-22(31)16-6-10-18(24)11-7-16)20-4-3-5-21(26-20)15(2)28-30-23(32)17-8-12-19(25)13-9-17;;;/h3-13H,1-2H3,(H,29,31)(H,30,32);;2*1H/q;+3;;/p-2/b27-14+,28-15+;;;. The van der Waals surface area contributed by atoms with Crippen LogP contribution in [-0.2, 0) is 0 Å². The van der Waals surface area contributed by atoms with Crippen LogP contribution in [0.25, 0.3) is 0 Å². The number of rotatable bonds is 6. The molecule has 2 aromatic carbocycles. The van der Waals surface area contributed by atoms with Crippen LogP contribution in [0.2, 0.25) is 10.0 Å². The van der Waals surface area contributed by atoms with Crippen LogP contribution in [0.3, 0.4) is 0 Å². The summed E-state index contributed by atoms with van der Waals surface area (Å²) in [5.41, 5.74) is 7.99. The SMILES string of the molecule is C/C(=N\NC(=O)c1ccc(Cl)cc1)c1cccc(/C(C)=N/NC(=O)c2ccc(Cl)cc2)n1.[Bi+3].[Cl-].[Cl-]. The van der Waals surface area contributed by atoms with Crippen molar-refractivity contribution in [2.45, 2.75) is 13.8 Å². The van der Waals surface area contributed by atoms with Crippen LogP contribution in [0.1, 0.15) is 46.0 Å². The molecule has 0 unspecified atom stereocenters. The summed E-state index contributed by atoms with van der Waals surface area (Å²) in [6.45, 7) is 3.45. The zero-order chi connectivity index (χ0) is 23.1. The minimum Gasteiger partial charge on any atom is -1.00 e. The summed E-state index contributed by atoms with van der Waals surface area (Å²) in [5.74, 6) is -0.723. The summed E-state index contributed by atoms with van der Waals surface area (Å²) in [6, 6.07) is 18.3. The van der Waals surface area contributed by atoms with E-state index < -0.39 is 0 Å². The number of halogens is 4. The molecule has 0 saturated heterocycles. The first kappa shape index (κ1) is 32.9. The van der Waals surface area contributed by atoms with E-state index in [0.29, 0.717) is 44.0 Å². The smallest absolute Gasteiger partial charge is 1.00 e. The van der Waals surface area contributed by atoms with E-state index in [1.54, 1.807) is 80.6 Å². The van der Waals surface area contributed by atoms with E-state index in [-0.39, 0.29) is 62.8 Å². The van der Waals surface area contributed by atoms with Gasteiger partial charge in [0, 0.05) is 21.2 Å². The second kappa shape index (κ2) is 15.8. The van der Waals surface area contributed by atoms with Gasteiger partial charge >= 0.3 is 26.2 Å². The normalized spacial score (nSPS) is 10.7. The van der Waals surface area contributed by atoms with E-state index in [0.717, 1.165) is 0 Å². The van der Waals surface area contributed by atoms with Gasteiger partial charge in [0.15, 0.2) is 0 Å². The number of hydrogen-bond acceptors (Lipinski definition) is 5. The average Bonchev–Trinajstić information content (AvgIpc) is 2.81. The summed E-state index contributed by atoms with van der Waals surface area (Å²) in [7, 11) is 0. The summed E-state index contributed by atoms with van der Waals surface area (Å²) >= 11 is 11.7. The van der Waals surface area contributed by atoms with Gasteiger partial charge in [-0.15, -0.1) is 0 Å². The molecule has 2 N–H and O–H groups in total. The van der Waals surface area contributed by atoms with Gasteiger partial charge in [-0.2, -0.15) is 10.2 Å². The van der Waals surface area contributed by atoms with Gasteiger partial charge in [-0.3, -0.25) is 9.59 Å². The van der Waals surface area contributed by atoms with Gasteiger partial charge in [0.2, 0.25) is 0 Å². The van der Waals surface area contributed by atoms with Gasteiger partial charge in [-0.05, 0) is 74.5 Å². The first-order chi connectivity index (χ1) is 15.3. The Morgan fingerprint density at radius 1 is 0.686 bits per heavy atom. The van der Waals surface area contributed by atoms with E-state index in [1.807, 2.05) is 0 Å². The van der Waals surface area contributed by atoms with Crippen LogP contribution in [0.5, 0.6) is 0 Å². The third kappa shape index (κ3) is 9.82. The summed E-state index contributed by atoms with van der Waals surface area (Å²) in [4.78, 5) is 28.9. The van der Waals surface area contributed by atoms with Gasteiger partial charge in [0.1, 0.15) is 0 Å². The summed E-state index contributed by atoms with van der Waals surface area (Å²) < 4.78 is 0. The number of carbonyl (C=O) groups is 2. The Balaban J connectivity index is 0.00000385. The maximum absolute atomic E-state index is 12.2. The second-order valence-corrected chi connectivity index (χ2v) is 7.57. The largest absolute Gasteiger partial charge is 3.00 e. The number of hydrazone groups is 2. The Morgan fingerprint density at radius 2 is 1.03 bits per heavy atom. The number of nitrogens with zero attached hydrogens (tertiary/aromatic N) is 3. The van der Waals surface area contributed by atoms with Gasteiger partial charge in [0.25, 0.3) is 11.8 Å². The van der Waals surface area contributed by atoms with Gasteiger partial charge in [-0.1, -0.05) is 29.3 Å². The van der Waals surface area contributed by atoms with Crippen LogP contribution in [0.4, 0.5) is 0 Å². The monoisotopic (exact) mass is 746 g/mol. The molecule has 2 radical (unpaired) electrons. The van der Waals surface area contributed by atoms with Crippen molar-refractivity contribution in [1.29, 1.82) is 0 Å². The van der Waals surface area contributed by atoms with Gasteiger partial charge in [-0.25, -0.2) is 15.8 Å². The quantitative estimate of drug-likeness (QED) is 0.180. The summed E-state index contributed by atoms with van der Waals surface area (Å²) in [6.07, 6.45) is 0. The molecule has 0 saturated carbocycles. The van der Waals surface area contributed by atoms with E-state index >= 15 is 0 Å². The minimum atomic E-state index is -0.361. The van der Waals surface area contributed by atoms with Gasteiger partial charge < -0.3 is 24.8 Å². The molecule has 0 aliphatic carbocycles. The molecular formula is C23H19BiCl4N5O2+. The van der Waals surface area contributed by atoms with E-state index in [4.69, 9.17) is 23.2 Å². The summed E-state index contributed by atoms with van der Waals surface area (Å²) in [5, 5.41) is 9.32. The molecule has 35 heavy (non-hydrogen) atoms. The van der Waals surface area contributed by atoms with Crippen molar-refractivity contribution in [3.05, 3.63) is 99.3 Å². The number of amides is 2. The van der Waals surface area contributed by atoms with Crippen LogP contribution < -0.4 is 35.7 Å². The van der Waals surface area contributed by atoms with Crippen molar-refractivity contribution in [1.82, 2.24) is 15.8 Å². The predicted octanol–water partition coefficient (Wildman–Crippen LogP) is -1.68. The number of hydrogen-bond donors (Lipinski definition) is 2. The van der Waals surface area contributed by atoms with Crippen molar-refractivity contribution in [2.75, 3.05) is 0 Å². The van der Waals surface area contributed by atoms with Crippen LogP contribution in [0, 0.1) is 0 Å². The zero-order valence-corrected chi connectivity index (χ0v) is 25.0. The van der Waals surface area contributed by atoms with Crippen LogP contribution in [-0.4, -0.2) is 54.4 Å². The fourth-order valence-corrected chi connectivity index (χ4v) is 2.81. The Morgan fingerprint density at radius 3 is 1.37 bits per heavy atom. The van der Waals surface area contributed by atoms with Crippen molar-refractivity contribution in [3.63, 3.8) is 0 Å². The molecule has 0 spiro atoms. The Bertz CT molecular complexity index is 1110. The fraction of sp³-hybridized carbons (Fsp3) is 0.0870. The molecule has 7 nitrogen and oxygen atoms in total. The van der Waals surface area contributed by atoms with Crippen LogP contribution in [0.15, 0.2) is 76.9 Å². The third-order valence-electron chi connectivity index (χ3n) is 4.35. The van der Waals surface area contributed by atoms with Gasteiger partial charge in [0.05, 0.1) is 22.8 Å². The first-order valence-corrected chi connectivity index (χ1v) is 10.3. The molecule has 1 heterocycles. The fourth-order valence-electron chi connectivity index (χ4n) is 2.55. The molecular weight excluding hydrogens is 729 g/mol. The molecule has 0 atom stereocenters. The van der Waals surface area contributed by atoms with Crippen molar-refractivity contribution in [2.24, 2.45) is 10.2 Å². The molecule has 0 aliphatic heterocycles. The van der Waals surface area contributed by atoms with E-state index in [2.05, 4.69) is 26.0 Å². The number of benzene rings is 2. The Labute approximate surface area is 244 Å².